The lowest BCUT2D eigenvalue weighted by Crippen LogP contribution is -2.38. The zero-order valence-electron chi connectivity index (χ0n) is 13.0. The van der Waals surface area contributed by atoms with Gasteiger partial charge in [0.2, 0.25) is 6.10 Å². The smallest absolute Gasteiger partial charge is 0.429 e. The van der Waals surface area contributed by atoms with Crippen LogP contribution in [0, 0.1) is 0 Å². The molecular weight excluding hydrogens is 421 g/mol. The molecule has 0 aromatic heterocycles. The first-order valence-corrected chi connectivity index (χ1v) is 8.51. The number of halogens is 5. The summed E-state index contributed by atoms with van der Waals surface area (Å²) in [5.41, 5.74) is 1.25. The maximum absolute atomic E-state index is 13.5. The van der Waals surface area contributed by atoms with E-state index < -0.39 is 12.3 Å². The molecule has 3 rings (SSSR count). The molecule has 1 aliphatic rings. The third-order valence-electron chi connectivity index (χ3n) is 3.83. The predicted molar refractivity (Wildman–Crippen MR) is 94.3 cm³/mol. The summed E-state index contributed by atoms with van der Waals surface area (Å²) in [6, 6.07) is 9.75. The minimum absolute atomic E-state index is 0.0404. The van der Waals surface area contributed by atoms with E-state index in [9.17, 15) is 13.2 Å². The van der Waals surface area contributed by atoms with Gasteiger partial charge in [-0.3, -0.25) is 0 Å². The number of alkyl halides is 3. The molecule has 0 fully saturated rings. The van der Waals surface area contributed by atoms with E-state index in [0.29, 0.717) is 21.9 Å². The molecule has 0 spiro atoms. The number of hydrogen-bond acceptors (Lipinski definition) is 2. The fraction of sp³-hybridized carbons (Fsp3) is 0.222. The van der Waals surface area contributed by atoms with Gasteiger partial charge in [-0.25, -0.2) is 0 Å². The molecule has 2 nitrogen and oxygen atoms in total. The van der Waals surface area contributed by atoms with Gasteiger partial charge >= 0.3 is 6.18 Å². The molecule has 25 heavy (non-hydrogen) atoms. The molecule has 1 aliphatic heterocycles. The Morgan fingerprint density at radius 2 is 1.96 bits per heavy atom. The first-order valence-electron chi connectivity index (χ1n) is 7.33. The summed E-state index contributed by atoms with van der Waals surface area (Å²) in [6.45, 7) is 0. The molecule has 0 aliphatic carbocycles. The number of benzene rings is 2. The van der Waals surface area contributed by atoms with E-state index in [2.05, 4.69) is 15.9 Å². The lowest BCUT2D eigenvalue weighted by molar-refractivity contribution is -0.184. The predicted octanol–water partition coefficient (Wildman–Crippen LogP) is 6.06. The van der Waals surface area contributed by atoms with Crippen LogP contribution in [0.4, 0.5) is 13.2 Å². The molecule has 0 saturated carbocycles. The maximum Gasteiger partial charge on any atom is 0.429 e. The largest absolute Gasteiger partial charge is 0.496 e. The molecule has 2 aromatic rings. The second-order valence-corrected chi connectivity index (χ2v) is 6.93. The highest BCUT2D eigenvalue weighted by atomic mass is 79.9. The van der Waals surface area contributed by atoms with Crippen LogP contribution in [0.5, 0.6) is 11.5 Å². The molecule has 0 bridgehead atoms. The van der Waals surface area contributed by atoms with Crippen LogP contribution >= 0.6 is 27.5 Å². The highest BCUT2D eigenvalue weighted by Gasteiger charge is 2.46. The Morgan fingerprint density at radius 1 is 1.20 bits per heavy atom. The molecule has 0 radical (unpaired) electrons. The Kier molecular flexibility index (Phi) is 5.02. The summed E-state index contributed by atoms with van der Waals surface area (Å²) in [5, 5.41) is 0.434. The minimum atomic E-state index is -4.53. The molecule has 1 heterocycles. The van der Waals surface area contributed by atoms with Crippen molar-refractivity contribution in [3.05, 3.63) is 62.6 Å². The van der Waals surface area contributed by atoms with Gasteiger partial charge in [0.05, 0.1) is 7.11 Å². The van der Waals surface area contributed by atoms with E-state index in [4.69, 9.17) is 21.1 Å². The Balaban J connectivity index is 2.05. The van der Waals surface area contributed by atoms with E-state index in [1.54, 1.807) is 24.3 Å². The van der Waals surface area contributed by atoms with E-state index in [0.717, 1.165) is 4.47 Å². The summed E-state index contributed by atoms with van der Waals surface area (Å²) in [4.78, 5) is 0. The Labute approximate surface area is 156 Å². The fourth-order valence-corrected chi connectivity index (χ4v) is 3.33. The SMILES string of the molecule is COc1ccc(Br)cc1CC1=Cc2cc(Cl)ccc2OC1C(F)(F)F. The fourth-order valence-electron chi connectivity index (χ4n) is 2.74. The number of ether oxygens (including phenoxy) is 2. The second-order valence-electron chi connectivity index (χ2n) is 5.57. The second kappa shape index (κ2) is 6.92. The number of methoxy groups -OCH3 is 1. The van der Waals surface area contributed by atoms with Crippen molar-refractivity contribution < 1.29 is 22.6 Å². The average molecular weight is 434 g/mol. The van der Waals surface area contributed by atoms with E-state index in [1.807, 2.05) is 0 Å². The number of hydrogen-bond donors (Lipinski definition) is 0. The average Bonchev–Trinajstić information content (AvgIpc) is 2.53. The van der Waals surface area contributed by atoms with Gasteiger partial charge in [-0.2, -0.15) is 13.2 Å². The topological polar surface area (TPSA) is 18.5 Å². The molecule has 0 amide bonds. The van der Waals surface area contributed by atoms with E-state index in [-0.39, 0.29) is 17.7 Å². The van der Waals surface area contributed by atoms with Gasteiger partial charge in [-0.1, -0.05) is 27.5 Å². The quantitative estimate of drug-likeness (QED) is 0.586. The molecule has 1 atom stereocenters. The van der Waals surface area contributed by atoms with Crippen LogP contribution in [0.2, 0.25) is 5.02 Å². The summed E-state index contributed by atoms with van der Waals surface area (Å²) in [7, 11) is 1.48. The van der Waals surface area contributed by atoms with Gasteiger partial charge in [0.1, 0.15) is 11.5 Å². The van der Waals surface area contributed by atoms with Crippen molar-refractivity contribution in [3.63, 3.8) is 0 Å². The van der Waals surface area contributed by atoms with Gasteiger partial charge in [-0.05, 0) is 53.6 Å². The summed E-state index contributed by atoms with van der Waals surface area (Å²) in [6.07, 6.45) is -5.01. The van der Waals surface area contributed by atoms with Gasteiger partial charge < -0.3 is 9.47 Å². The number of fused-ring (bicyclic) bond motifs is 1. The van der Waals surface area contributed by atoms with Gasteiger partial charge in [-0.15, -0.1) is 0 Å². The first-order chi connectivity index (χ1) is 11.8. The van der Waals surface area contributed by atoms with Crippen molar-refractivity contribution >= 4 is 33.6 Å². The van der Waals surface area contributed by atoms with Crippen LogP contribution in [0.1, 0.15) is 11.1 Å². The van der Waals surface area contributed by atoms with Crippen molar-refractivity contribution in [1.29, 1.82) is 0 Å². The molecule has 132 valence electrons. The van der Waals surface area contributed by atoms with Crippen LogP contribution < -0.4 is 9.47 Å². The molecular formula is C18H13BrClF3O2. The first kappa shape index (κ1) is 18.1. The number of rotatable bonds is 3. The molecule has 0 saturated heterocycles. The molecule has 0 N–H and O–H groups in total. The van der Waals surface area contributed by atoms with Gasteiger partial charge in [0, 0.05) is 21.5 Å². The lowest BCUT2D eigenvalue weighted by atomic mass is 9.94. The standard InChI is InChI=1S/C18H13BrClF3O2/c1-24-15-4-2-13(19)8-10(15)6-12-7-11-9-14(20)3-5-16(11)25-17(12)18(21,22)23/h2-5,7-9,17H,6H2,1H3. The Morgan fingerprint density at radius 3 is 2.64 bits per heavy atom. The molecule has 2 aromatic carbocycles. The van der Waals surface area contributed by atoms with Crippen molar-refractivity contribution in [2.75, 3.05) is 7.11 Å². The molecule has 7 heteroatoms. The van der Waals surface area contributed by atoms with Gasteiger partial charge in [0.15, 0.2) is 0 Å². The third-order valence-corrected chi connectivity index (χ3v) is 4.56. The third kappa shape index (κ3) is 3.96. The van der Waals surface area contributed by atoms with Gasteiger partial charge in [0.25, 0.3) is 0 Å². The minimum Gasteiger partial charge on any atom is -0.496 e. The highest BCUT2D eigenvalue weighted by Crippen LogP contribution is 2.40. The van der Waals surface area contributed by atoms with E-state index >= 15 is 0 Å². The summed E-state index contributed by atoms with van der Waals surface area (Å²) < 4.78 is 51.7. The van der Waals surface area contributed by atoms with Crippen molar-refractivity contribution in [1.82, 2.24) is 0 Å². The Bertz CT molecular complexity index is 834. The summed E-state index contributed by atoms with van der Waals surface area (Å²) in [5.74, 6) is 0.679. The van der Waals surface area contributed by atoms with Crippen LogP contribution in [0.15, 0.2) is 46.4 Å². The Hall–Kier alpha value is -1.66. The lowest BCUT2D eigenvalue weighted by Gasteiger charge is -2.29. The van der Waals surface area contributed by atoms with Crippen molar-refractivity contribution in [3.8, 4) is 11.5 Å². The van der Waals surface area contributed by atoms with Crippen LogP contribution in [-0.2, 0) is 6.42 Å². The van der Waals surface area contributed by atoms with Crippen LogP contribution in [-0.4, -0.2) is 19.4 Å². The normalized spacial score (nSPS) is 16.7. The highest BCUT2D eigenvalue weighted by molar-refractivity contribution is 9.10. The zero-order chi connectivity index (χ0) is 18.2. The van der Waals surface area contributed by atoms with Crippen LogP contribution in [0.3, 0.4) is 0 Å². The van der Waals surface area contributed by atoms with Crippen molar-refractivity contribution in [2.24, 2.45) is 0 Å². The zero-order valence-corrected chi connectivity index (χ0v) is 15.4. The van der Waals surface area contributed by atoms with E-state index in [1.165, 1.54) is 25.3 Å². The van der Waals surface area contributed by atoms with Crippen molar-refractivity contribution in [2.45, 2.75) is 18.7 Å². The maximum atomic E-state index is 13.5. The molecule has 1 unspecified atom stereocenters. The monoisotopic (exact) mass is 432 g/mol. The van der Waals surface area contributed by atoms with Crippen LogP contribution in [0.25, 0.3) is 6.08 Å². The summed E-state index contributed by atoms with van der Waals surface area (Å²) >= 11 is 9.28.